The van der Waals surface area contributed by atoms with Gasteiger partial charge in [-0.05, 0) is 51.7 Å². The van der Waals surface area contributed by atoms with Gasteiger partial charge in [-0.1, -0.05) is 29.8 Å². The van der Waals surface area contributed by atoms with E-state index in [4.69, 9.17) is 0 Å². The third kappa shape index (κ3) is 4.07. The maximum absolute atomic E-state index is 12.2. The van der Waals surface area contributed by atoms with Crippen LogP contribution in [0.4, 0.5) is 0 Å². The predicted octanol–water partition coefficient (Wildman–Crippen LogP) is 2.65. The topological polar surface area (TPSA) is 72.2 Å². The van der Waals surface area contributed by atoms with Crippen LogP contribution >= 0.6 is 0 Å². The third-order valence-electron chi connectivity index (χ3n) is 4.58. The van der Waals surface area contributed by atoms with Crippen LogP contribution in [0.15, 0.2) is 24.3 Å². The molecule has 3 aromatic rings. The molecule has 0 aliphatic heterocycles. The molecule has 3 rings (SSSR count). The molecular formula is C20H25N5O. The van der Waals surface area contributed by atoms with Crippen molar-refractivity contribution in [2.75, 3.05) is 6.54 Å². The SMILES string of the molecule is Cc1cccc(CCNC(=O)CCc2c(C)nc3nc(C)nn3c2C)c1. The highest BCUT2D eigenvalue weighted by atomic mass is 16.1. The second kappa shape index (κ2) is 7.64. The molecule has 0 aliphatic rings. The second-order valence-electron chi connectivity index (χ2n) is 6.72. The first-order valence-electron chi connectivity index (χ1n) is 8.95. The van der Waals surface area contributed by atoms with E-state index in [1.807, 2.05) is 26.8 Å². The number of aryl methyl sites for hydroxylation is 4. The zero-order valence-electron chi connectivity index (χ0n) is 15.8. The van der Waals surface area contributed by atoms with Crippen molar-refractivity contribution in [2.45, 2.75) is 47.0 Å². The lowest BCUT2D eigenvalue weighted by atomic mass is 10.1. The summed E-state index contributed by atoms with van der Waals surface area (Å²) in [5, 5.41) is 7.38. The predicted molar refractivity (Wildman–Crippen MR) is 101 cm³/mol. The Morgan fingerprint density at radius 1 is 1.12 bits per heavy atom. The van der Waals surface area contributed by atoms with E-state index in [1.54, 1.807) is 4.52 Å². The molecule has 0 fully saturated rings. The maximum atomic E-state index is 12.2. The number of nitrogens with one attached hydrogen (secondary N) is 1. The van der Waals surface area contributed by atoms with Crippen LogP contribution in [0.1, 0.15) is 40.3 Å². The maximum Gasteiger partial charge on any atom is 0.252 e. The quantitative estimate of drug-likeness (QED) is 0.741. The molecule has 136 valence electrons. The Bertz CT molecular complexity index is 945. The lowest BCUT2D eigenvalue weighted by Gasteiger charge is -2.10. The summed E-state index contributed by atoms with van der Waals surface area (Å²) >= 11 is 0. The number of benzene rings is 1. The summed E-state index contributed by atoms with van der Waals surface area (Å²) in [4.78, 5) is 21.0. The van der Waals surface area contributed by atoms with Crippen molar-refractivity contribution in [3.63, 3.8) is 0 Å². The Balaban J connectivity index is 1.56. The van der Waals surface area contributed by atoms with Gasteiger partial charge >= 0.3 is 0 Å². The average molecular weight is 351 g/mol. The van der Waals surface area contributed by atoms with Crippen LogP contribution in [-0.2, 0) is 17.6 Å². The minimum Gasteiger partial charge on any atom is -0.356 e. The summed E-state index contributed by atoms with van der Waals surface area (Å²) in [6.45, 7) is 8.54. The first kappa shape index (κ1) is 18.0. The van der Waals surface area contributed by atoms with Gasteiger partial charge < -0.3 is 5.32 Å². The van der Waals surface area contributed by atoms with Crippen molar-refractivity contribution >= 4 is 11.7 Å². The van der Waals surface area contributed by atoms with Crippen molar-refractivity contribution in [3.8, 4) is 0 Å². The van der Waals surface area contributed by atoms with Crippen molar-refractivity contribution < 1.29 is 4.79 Å². The van der Waals surface area contributed by atoms with E-state index in [0.717, 1.165) is 23.4 Å². The molecule has 0 atom stereocenters. The smallest absolute Gasteiger partial charge is 0.252 e. The van der Waals surface area contributed by atoms with Crippen LogP contribution in [0.2, 0.25) is 0 Å². The van der Waals surface area contributed by atoms with E-state index in [2.05, 4.69) is 45.5 Å². The summed E-state index contributed by atoms with van der Waals surface area (Å²) in [5.74, 6) is 1.38. The van der Waals surface area contributed by atoms with Crippen LogP contribution in [-0.4, -0.2) is 32.0 Å². The van der Waals surface area contributed by atoms with E-state index in [9.17, 15) is 4.79 Å². The molecule has 26 heavy (non-hydrogen) atoms. The fraction of sp³-hybridized carbons (Fsp3) is 0.400. The summed E-state index contributed by atoms with van der Waals surface area (Å²) in [5.41, 5.74) is 5.46. The van der Waals surface area contributed by atoms with Gasteiger partial charge in [-0.2, -0.15) is 10.1 Å². The van der Waals surface area contributed by atoms with Gasteiger partial charge in [0.15, 0.2) is 0 Å². The molecule has 0 aliphatic carbocycles. The van der Waals surface area contributed by atoms with E-state index in [1.165, 1.54) is 11.1 Å². The largest absolute Gasteiger partial charge is 0.356 e. The standard InChI is InChI=1S/C20H25N5O/c1-13-6-5-7-17(12-13)10-11-21-19(26)9-8-18-14(2)22-20-23-16(4)24-25(20)15(18)3/h5-7,12H,8-11H2,1-4H3,(H,21,26). The summed E-state index contributed by atoms with van der Waals surface area (Å²) < 4.78 is 1.76. The van der Waals surface area contributed by atoms with E-state index in [-0.39, 0.29) is 5.91 Å². The number of hydrogen-bond acceptors (Lipinski definition) is 4. The molecule has 2 heterocycles. The van der Waals surface area contributed by atoms with Gasteiger partial charge in [0.1, 0.15) is 5.82 Å². The number of carbonyl (C=O) groups excluding carboxylic acids is 1. The van der Waals surface area contributed by atoms with Gasteiger partial charge in [-0.15, -0.1) is 0 Å². The highest BCUT2D eigenvalue weighted by Crippen LogP contribution is 2.15. The Morgan fingerprint density at radius 3 is 2.69 bits per heavy atom. The number of nitrogens with zero attached hydrogens (tertiary/aromatic N) is 4. The first-order valence-corrected chi connectivity index (χ1v) is 8.95. The number of amides is 1. The van der Waals surface area contributed by atoms with Gasteiger partial charge in [0.2, 0.25) is 5.91 Å². The van der Waals surface area contributed by atoms with E-state index in [0.29, 0.717) is 31.0 Å². The summed E-state index contributed by atoms with van der Waals surface area (Å²) in [6.07, 6.45) is 1.93. The van der Waals surface area contributed by atoms with E-state index >= 15 is 0 Å². The van der Waals surface area contributed by atoms with Gasteiger partial charge in [0.25, 0.3) is 5.78 Å². The summed E-state index contributed by atoms with van der Waals surface area (Å²) in [6, 6.07) is 8.37. The number of rotatable bonds is 6. The number of hydrogen-bond donors (Lipinski definition) is 1. The number of fused-ring (bicyclic) bond motifs is 1. The molecule has 1 aromatic carbocycles. The van der Waals surface area contributed by atoms with Gasteiger partial charge in [-0.25, -0.2) is 9.50 Å². The van der Waals surface area contributed by atoms with Gasteiger partial charge in [0.05, 0.1) is 0 Å². The van der Waals surface area contributed by atoms with E-state index < -0.39 is 0 Å². The monoisotopic (exact) mass is 351 g/mol. The number of carbonyl (C=O) groups is 1. The van der Waals surface area contributed by atoms with Crippen molar-refractivity contribution in [1.82, 2.24) is 24.9 Å². The molecule has 1 N–H and O–H groups in total. The Labute approximate surface area is 153 Å². The van der Waals surface area contributed by atoms with Crippen molar-refractivity contribution in [3.05, 3.63) is 58.2 Å². The highest BCUT2D eigenvalue weighted by Gasteiger charge is 2.13. The lowest BCUT2D eigenvalue weighted by molar-refractivity contribution is -0.121. The van der Waals surface area contributed by atoms with Crippen LogP contribution < -0.4 is 5.32 Å². The first-order chi connectivity index (χ1) is 12.4. The fourth-order valence-corrected chi connectivity index (χ4v) is 3.21. The molecule has 1 amide bonds. The zero-order valence-corrected chi connectivity index (χ0v) is 15.8. The van der Waals surface area contributed by atoms with Gasteiger partial charge in [-0.3, -0.25) is 4.79 Å². The lowest BCUT2D eigenvalue weighted by Crippen LogP contribution is -2.26. The molecule has 0 radical (unpaired) electrons. The van der Waals surface area contributed by atoms with Crippen molar-refractivity contribution in [1.29, 1.82) is 0 Å². The Morgan fingerprint density at radius 2 is 1.92 bits per heavy atom. The molecule has 0 saturated carbocycles. The Hall–Kier alpha value is -2.76. The summed E-state index contributed by atoms with van der Waals surface area (Å²) in [7, 11) is 0. The molecule has 0 saturated heterocycles. The van der Waals surface area contributed by atoms with Crippen LogP contribution in [0.5, 0.6) is 0 Å². The van der Waals surface area contributed by atoms with Crippen molar-refractivity contribution in [2.24, 2.45) is 0 Å². The van der Waals surface area contributed by atoms with Gasteiger partial charge in [0, 0.05) is 24.4 Å². The fourth-order valence-electron chi connectivity index (χ4n) is 3.21. The molecule has 0 unspecified atom stereocenters. The minimum absolute atomic E-state index is 0.0614. The highest BCUT2D eigenvalue weighted by molar-refractivity contribution is 5.76. The molecule has 0 bridgehead atoms. The molecule has 6 heteroatoms. The third-order valence-corrected chi connectivity index (χ3v) is 4.58. The Kier molecular flexibility index (Phi) is 5.30. The molecule has 2 aromatic heterocycles. The zero-order chi connectivity index (χ0) is 18.7. The second-order valence-corrected chi connectivity index (χ2v) is 6.72. The normalized spacial score (nSPS) is 11.1. The number of aromatic nitrogens is 4. The molecule has 6 nitrogen and oxygen atoms in total. The molecule has 0 spiro atoms. The molecular weight excluding hydrogens is 326 g/mol. The van der Waals surface area contributed by atoms with Crippen LogP contribution in [0.25, 0.3) is 5.78 Å². The van der Waals surface area contributed by atoms with Crippen LogP contribution in [0.3, 0.4) is 0 Å². The van der Waals surface area contributed by atoms with Crippen LogP contribution in [0, 0.1) is 27.7 Å². The minimum atomic E-state index is 0.0614. The average Bonchev–Trinajstić information content (AvgIpc) is 2.95.